The molecule has 0 atom stereocenters. The molecule has 1 aliphatic rings. The van der Waals surface area contributed by atoms with Gasteiger partial charge in [-0.05, 0) is 50.9 Å². The maximum atomic E-state index is 11.5. The van der Waals surface area contributed by atoms with Crippen molar-refractivity contribution in [2.75, 3.05) is 6.54 Å². The van der Waals surface area contributed by atoms with Crippen molar-refractivity contribution in [1.82, 2.24) is 10.5 Å². The summed E-state index contributed by atoms with van der Waals surface area (Å²) < 4.78 is 17.4. The van der Waals surface area contributed by atoms with Gasteiger partial charge in [-0.3, -0.25) is 4.79 Å². The van der Waals surface area contributed by atoms with E-state index in [1.54, 1.807) is 24.3 Å². The molecule has 1 fully saturated rings. The predicted octanol–water partition coefficient (Wildman–Crippen LogP) is 3.20. The van der Waals surface area contributed by atoms with Gasteiger partial charge in [0.2, 0.25) is 5.91 Å². The van der Waals surface area contributed by atoms with Crippen LogP contribution in [-0.4, -0.2) is 41.0 Å². The molecule has 148 valence electrons. The number of hydrogen-bond donors (Lipinski definition) is 2. The summed E-state index contributed by atoms with van der Waals surface area (Å²) in [6.07, 6.45) is 3.40. The van der Waals surface area contributed by atoms with Crippen LogP contribution in [0.1, 0.15) is 40.2 Å². The molecule has 0 bridgehead atoms. The van der Waals surface area contributed by atoms with Crippen molar-refractivity contribution in [3.8, 4) is 17.1 Å². The molecule has 1 aliphatic heterocycles. The van der Waals surface area contributed by atoms with Gasteiger partial charge in [-0.1, -0.05) is 17.3 Å². The first-order valence-electron chi connectivity index (χ1n) is 9.14. The summed E-state index contributed by atoms with van der Waals surface area (Å²) in [6.45, 7) is 9.66. The number of carbonyl (C=O) groups is 1. The van der Waals surface area contributed by atoms with E-state index >= 15 is 0 Å². The van der Waals surface area contributed by atoms with Crippen LogP contribution in [0.3, 0.4) is 0 Å². The van der Waals surface area contributed by atoms with Crippen LogP contribution >= 0.6 is 0 Å². The monoisotopic (exact) mass is 384 g/mol. The van der Waals surface area contributed by atoms with Crippen LogP contribution in [0.2, 0.25) is 0 Å². The van der Waals surface area contributed by atoms with Crippen molar-refractivity contribution in [2.24, 2.45) is 0 Å². The van der Waals surface area contributed by atoms with E-state index in [2.05, 4.69) is 10.5 Å². The van der Waals surface area contributed by atoms with E-state index in [1.807, 2.05) is 33.8 Å². The second kappa shape index (κ2) is 7.45. The Bertz CT molecular complexity index is 874. The topological polar surface area (TPSA) is 93.8 Å². The fourth-order valence-electron chi connectivity index (χ4n) is 2.83. The number of hydrogen-bond acceptors (Lipinski definition) is 6. The Balaban J connectivity index is 1.96. The smallest absolute Gasteiger partial charge is 0.492 e. The first-order chi connectivity index (χ1) is 13.1. The van der Waals surface area contributed by atoms with Crippen molar-refractivity contribution in [2.45, 2.75) is 45.8 Å². The SMILES string of the molecule is CC(=O)NCC(=Cc1ccc(O)c(-c2ccno2)c1)B1OC(C)(C)C(C)(C)O1. The van der Waals surface area contributed by atoms with Gasteiger partial charge in [0.15, 0.2) is 5.76 Å². The maximum absolute atomic E-state index is 11.5. The molecule has 0 aliphatic carbocycles. The maximum Gasteiger partial charge on any atom is 0.492 e. The highest BCUT2D eigenvalue weighted by molar-refractivity contribution is 6.56. The predicted molar refractivity (Wildman–Crippen MR) is 106 cm³/mol. The average Bonchev–Trinajstić information content (AvgIpc) is 3.19. The minimum Gasteiger partial charge on any atom is -0.507 e. The number of nitrogens with one attached hydrogen (secondary N) is 1. The van der Waals surface area contributed by atoms with Gasteiger partial charge in [0, 0.05) is 19.5 Å². The van der Waals surface area contributed by atoms with Gasteiger partial charge in [-0.15, -0.1) is 0 Å². The third-order valence-corrected chi connectivity index (χ3v) is 5.17. The second-order valence-corrected chi connectivity index (χ2v) is 7.87. The lowest BCUT2D eigenvalue weighted by Gasteiger charge is -2.32. The number of aromatic nitrogens is 1. The summed E-state index contributed by atoms with van der Waals surface area (Å²) >= 11 is 0. The Labute approximate surface area is 164 Å². The molecule has 0 saturated carbocycles. The Morgan fingerprint density at radius 1 is 1.21 bits per heavy atom. The van der Waals surface area contributed by atoms with Crippen molar-refractivity contribution < 1.29 is 23.7 Å². The lowest BCUT2D eigenvalue weighted by atomic mass is 9.77. The van der Waals surface area contributed by atoms with Crippen molar-refractivity contribution in [3.05, 3.63) is 41.5 Å². The molecule has 8 heteroatoms. The molecule has 2 N–H and O–H groups in total. The van der Waals surface area contributed by atoms with Crippen LogP contribution in [0.4, 0.5) is 0 Å². The van der Waals surface area contributed by atoms with E-state index in [0.29, 0.717) is 11.3 Å². The number of rotatable bonds is 5. The minimum atomic E-state index is -0.598. The highest BCUT2D eigenvalue weighted by Gasteiger charge is 2.52. The fraction of sp³-hybridized carbons (Fsp3) is 0.400. The highest BCUT2D eigenvalue weighted by atomic mass is 16.7. The molecule has 7 nitrogen and oxygen atoms in total. The molecule has 0 radical (unpaired) electrons. The summed E-state index contributed by atoms with van der Waals surface area (Å²) in [5, 5.41) is 16.6. The van der Waals surface area contributed by atoms with E-state index in [-0.39, 0.29) is 18.2 Å². The molecule has 1 saturated heterocycles. The molecule has 0 spiro atoms. The van der Waals surface area contributed by atoms with Crippen molar-refractivity contribution in [1.29, 1.82) is 0 Å². The van der Waals surface area contributed by atoms with Gasteiger partial charge >= 0.3 is 7.12 Å². The van der Waals surface area contributed by atoms with Crippen LogP contribution in [0.5, 0.6) is 5.75 Å². The molecule has 0 unspecified atom stereocenters. The molecular formula is C20H25BN2O5. The second-order valence-electron chi connectivity index (χ2n) is 7.87. The van der Waals surface area contributed by atoms with Gasteiger partial charge in [0.25, 0.3) is 0 Å². The first-order valence-corrected chi connectivity index (χ1v) is 9.14. The molecule has 1 amide bonds. The first kappa shape index (κ1) is 20.2. The minimum absolute atomic E-state index is 0.0907. The fourth-order valence-corrected chi connectivity index (χ4v) is 2.83. The van der Waals surface area contributed by atoms with Crippen LogP contribution in [0.15, 0.2) is 40.5 Å². The van der Waals surface area contributed by atoms with Crippen molar-refractivity contribution >= 4 is 19.1 Å². The summed E-state index contributed by atoms with van der Waals surface area (Å²) in [5.41, 5.74) is 1.11. The average molecular weight is 384 g/mol. The van der Waals surface area contributed by atoms with E-state index in [1.165, 1.54) is 13.1 Å². The van der Waals surface area contributed by atoms with E-state index in [0.717, 1.165) is 11.0 Å². The van der Waals surface area contributed by atoms with Crippen molar-refractivity contribution in [3.63, 3.8) is 0 Å². The third kappa shape index (κ3) is 4.13. The summed E-state index contributed by atoms with van der Waals surface area (Å²) in [7, 11) is -0.598. The highest BCUT2D eigenvalue weighted by Crippen LogP contribution is 2.39. The molecule has 1 aromatic heterocycles. The number of carbonyl (C=O) groups excluding carboxylic acids is 1. The standard InChI is InChI=1S/C20H25BN2O5/c1-13(24)22-12-15(21-27-19(2,3)20(4,5)28-21)10-14-6-7-17(25)16(11-14)18-8-9-23-26-18/h6-11,25H,12H2,1-5H3,(H,22,24). The molecular weight excluding hydrogens is 359 g/mol. The normalized spacial score (nSPS) is 18.3. The summed E-state index contributed by atoms with van der Waals surface area (Å²) in [5.74, 6) is 0.412. The van der Waals surface area contributed by atoms with Crippen LogP contribution < -0.4 is 5.32 Å². The van der Waals surface area contributed by atoms with Gasteiger partial charge in [0.05, 0.1) is 23.0 Å². The number of benzene rings is 1. The largest absolute Gasteiger partial charge is 0.507 e. The van der Waals surface area contributed by atoms with E-state index < -0.39 is 18.3 Å². The van der Waals surface area contributed by atoms with Gasteiger partial charge < -0.3 is 24.3 Å². The number of aromatic hydroxyl groups is 1. The molecule has 28 heavy (non-hydrogen) atoms. The zero-order valence-corrected chi connectivity index (χ0v) is 16.8. The number of nitrogens with zero attached hydrogens (tertiary/aromatic N) is 1. The Morgan fingerprint density at radius 3 is 2.46 bits per heavy atom. The Kier molecular flexibility index (Phi) is 5.36. The molecule has 2 aromatic rings. The zero-order chi connectivity index (χ0) is 20.5. The molecule has 1 aromatic carbocycles. The van der Waals surface area contributed by atoms with Crippen LogP contribution in [-0.2, 0) is 14.1 Å². The van der Waals surface area contributed by atoms with Crippen LogP contribution in [0.25, 0.3) is 17.4 Å². The lowest BCUT2D eigenvalue weighted by molar-refractivity contribution is -0.118. The van der Waals surface area contributed by atoms with E-state index in [9.17, 15) is 9.90 Å². The third-order valence-electron chi connectivity index (χ3n) is 5.17. The van der Waals surface area contributed by atoms with E-state index in [4.69, 9.17) is 13.8 Å². The Hall–Kier alpha value is -2.58. The zero-order valence-electron chi connectivity index (χ0n) is 16.8. The van der Waals surface area contributed by atoms with Gasteiger partial charge in [-0.2, -0.15) is 0 Å². The van der Waals surface area contributed by atoms with Gasteiger partial charge in [-0.25, -0.2) is 0 Å². The Morgan fingerprint density at radius 2 is 1.89 bits per heavy atom. The number of amides is 1. The lowest BCUT2D eigenvalue weighted by Crippen LogP contribution is -2.41. The summed E-state index contributed by atoms with van der Waals surface area (Å²) in [6, 6.07) is 6.82. The molecule has 3 rings (SSSR count). The van der Waals surface area contributed by atoms with Crippen LogP contribution in [0, 0.1) is 0 Å². The number of phenolic OH excluding ortho intramolecular Hbond substituents is 1. The summed E-state index contributed by atoms with van der Waals surface area (Å²) in [4.78, 5) is 11.5. The molecule has 2 heterocycles. The number of phenols is 1. The quantitative estimate of drug-likeness (QED) is 0.769. The van der Waals surface area contributed by atoms with Gasteiger partial charge in [0.1, 0.15) is 5.75 Å².